The fourth-order valence-electron chi connectivity index (χ4n) is 12.4. The Bertz CT molecular complexity index is 4460. The number of fused-ring (bicyclic) bond motifs is 19. The maximum atomic E-state index is 7.53. The predicted octanol–water partition coefficient (Wildman–Crippen LogP) is 19.1. The highest BCUT2D eigenvalue weighted by atomic mass is 16.3. The van der Waals surface area contributed by atoms with E-state index in [1.807, 2.05) is 0 Å². The highest BCUT2D eigenvalue weighted by Crippen LogP contribution is 2.53. The minimum absolute atomic E-state index is 0.177. The molecule has 0 unspecified atom stereocenters. The van der Waals surface area contributed by atoms with Gasteiger partial charge in [0.2, 0.25) is 0 Å². The molecule has 0 amide bonds. The van der Waals surface area contributed by atoms with Crippen LogP contribution in [0.1, 0.15) is 25.0 Å². The largest absolute Gasteiger partial charge is 0.453 e. The molecule has 1 aliphatic carbocycles. The van der Waals surface area contributed by atoms with Crippen molar-refractivity contribution in [3.8, 4) is 22.3 Å². The Morgan fingerprint density at radius 1 is 0.319 bits per heavy atom. The molecule has 0 saturated carbocycles. The number of nitrogens with zero attached hydrogens (tertiary/aromatic N) is 1. The second-order valence-electron chi connectivity index (χ2n) is 19.5. The molecule has 0 radical (unpaired) electrons. The van der Waals surface area contributed by atoms with Gasteiger partial charge in [-0.25, -0.2) is 0 Å². The van der Waals surface area contributed by atoms with Gasteiger partial charge in [0.25, 0.3) is 0 Å². The smallest absolute Gasteiger partial charge is 0.159 e. The molecule has 15 rings (SSSR count). The summed E-state index contributed by atoms with van der Waals surface area (Å²) in [7, 11) is 0. The molecule has 2 heteroatoms. The van der Waals surface area contributed by atoms with Gasteiger partial charge in [0.15, 0.2) is 5.58 Å². The van der Waals surface area contributed by atoms with E-state index in [0.717, 1.165) is 50.1 Å². The summed E-state index contributed by atoms with van der Waals surface area (Å²) in [6.07, 6.45) is 0. The van der Waals surface area contributed by atoms with Gasteiger partial charge in [-0.15, -0.1) is 0 Å². The second-order valence-corrected chi connectivity index (χ2v) is 19.5. The summed E-state index contributed by atoms with van der Waals surface area (Å²) < 4.78 is 7.53. The van der Waals surface area contributed by atoms with E-state index in [-0.39, 0.29) is 5.41 Å². The first kappa shape index (κ1) is 38.4. The van der Waals surface area contributed by atoms with Crippen LogP contribution in [0.4, 0.5) is 17.1 Å². The number of rotatable bonds is 4. The molecule has 13 aromatic carbocycles. The topological polar surface area (TPSA) is 16.4 Å². The number of benzene rings is 13. The van der Waals surface area contributed by atoms with Gasteiger partial charge in [-0.05, 0) is 146 Å². The van der Waals surface area contributed by atoms with Gasteiger partial charge in [0.05, 0.1) is 5.69 Å². The van der Waals surface area contributed by atoms with Crippen LogP contribution in [0.2, 0.25) is 0 Å². The molecule has 0 spiro atoms. The predicted molar refractivity (Wildman–Crippen MR) is 294 cm³/mol. The number of hydrogen-bond acceptors (Lipinski definition) is 2. The summed E-state index contributed by atoms with van der Waals surface area (Å²) in [5.74, 6) is 0. The van der Waals surface area contributed by atoms with E-state index in [1.165, 1.54) is 97.7 Å². The fraction of sp³-hybridized carbons (Fsp3) is 0.0448. The van der Waals surface area contributed by atoms with Gasteiger partial charge in [0.1, 0.15) is 5.58 Å². The summed E-state index contributed by atoms with van der Waals surface area (Å²) in [5.41, 5.74) is 12.3. The van der Waals surface area contributed by atoms with Gasteiger partial charge in [0, 0.05) is 33.1 Å². The van der Waals surface area contributed by atoms with Crippen LogP contribution >= 0.6 is 0 Å². The van der Waals surface area contributed by atoms with Crippen LogP contribution in [-0.4, -0.2) is 0 Å². The van der Waals surface area contributed by atoms with E-state index >= 15 is 0 Å². The SMILES string of the molecule is CC1(C)c2ccccc2-c2ccc(N(c3ccc4c5ccccc5c5ccccc5c4c3)c3cccc4c3oc3c(-c5ccc6c7ccccc7c7ccccc7c6c5)c5ccccc5cc34)cc21. The zero-order chi connectivity index (χ0) is 45.5. The Balaban J connectivity index is 1.02. The molecule has 0 aliphatic heterocycles. The van der Waals surface area contributed by atoms with Crippen LogP contribution in [0.5, 0.6) is 0 Å². The van der Waals surface area contributed by atoms with Crippen LogP contribution in [0.15, 0.2) is 229 Å². The minimum Gasteiger partial charge on any atom is -0.453 e. The van der Waals surface area contributed by atoms with Crippen molar-refractivity contribution in [2.45, 2.75) is 19.3 Å². The first-order chi connectivity index (χ1) is 34.0. The van der Waals surface area contributed by atoms with Gasteiger partial charge in [-0.2, -0.15) is 0 Å². The maximum Gasteiger partial charge on any atom is 0.159 e. The summed E-state index contributed by atoms with van der Waals surface area (Å²) >= 11 is 0. The third-order valence-corrected chi connectivity index (χ3v) is 15.6. The molecule has 322 valence electrons. The highest BCUT2D eigenvalue weighted by Gasteiger charge is 2.36. The molecule has 0 bridgehead atoms. The summed E-state index contributed by atoms with van der Waals surface area (Å²) in [5, 5.41) is 19.6. The quantitative estimate of drug-likeness (QED) is 0.164. The third-order valence-electron chi connectivity index (χ3n) is 15.6. The molecule has 1 heterocycles. The molecule has 2 nitrogen and oxygen atoms in total. The van der Waals surface area contributed by atoms with Crippen molar-refractivity contribution < 1.29 is 4.42 Å². The van der Waals surface area contributed by atoms with Gasteiger partial charge >= 0.3 is 0 Å². The Labute approximate surface area is 398 Å². The van der Waals surface area contributed by atoms with Crippen molar-refractivity contribution in [2.75, 3.05) is 4.90 Å². The maximum absolute atomic E-state index is 7.53. The van der Waals surface area contributed by atoms with E-state index in [1.54, 1.807) is 0 Å². The lowest BCUT2D eigenvalue weighted by molar-refractivity contribution is 0.660. The lowest BCUT2D eigenvalue weighted by Crippen LogP contribution is -2.16. The summed E-state index contributed by atoms with van der Waals surface area (Å²) in [6, 6.07) is 83.2. The summed E-state index contributed by atoms with van der Waals surface area (Å²) in [4.78, 5) is 2.44. The normalized spacial score (nSPS) is 13.2. The summed E-state index contributed by atoms with van der Waals surface area (Å²) in [6.45, 7) is 4.73. The van der Waals surface area contributed by atoms with E-state index in [2.05, 4.69) is 243 Å². The second kappa shape index (κ2) is 14.2. The average Bonchev–Trinajstić information content (AvgIpc) is 3.89. The molecule has 0 fully saturated rings. The van der Waals surface area contributed by atoms with Crippen molar-refractivity contribution >= 4 is 114 Å². The Hall–Kier alpha value is -8.72. The van der Waals surface area contributed by atoms with E-state index in [9.17, 15) is 0 Å². The molecule has 1 aliphatic rings. The van der Waals surface area contributed by atoms with Crippen molar-refractivity contribution in [3.63, 3.8) is 0 Å². The lowest BCUT2D eigenvalue weighted by atomic mass is 9.82. The molecule has 0 saturated heterocycles. The molecule has 14 aromatic rings. The molecule has 0 N–H and O–H groups in total. The lowest BCUT2D eigenvalue weighted by Gasteiger charge is -2.28. The van der Waals surface area contributed by atoms with Crippen LogP contribution in [-0.2, 0) is 5.41 Å². The van der Waals surface area contributed by atoms with Gasteiger partial charge in [-0.1, -0.05) is 196 Å². The number of hydrogen-bond donors (Lipinski definition) is 0. The monoisotopic (exact) mass is 877 g/mol. The van der Waals surface area contributed by atoms with E-state index in [0.29, 0.717) is 0 Å². The van der Waals surface area contributed by atoms with Crippen molar-refractivity contribution in [1.82, 2.24) is 0 Å². The molecule has 69 heavy (non-hydrogen) atoms. The van der Waals surface area contributed by atoms with Crippen LogP contribution in [0, 0.1) is 0 Å². The minimum atomic E-state index is -0.177. The van der Waals surface area contributed by atoms with Crippen molar-refractivity contribution in [3.05, 3.63) is 236 Å². The van der Waals surface area contributed by atoms with E-state index in [4.69, 9.17) is 4.42 Å². The van der Waals surface area contributed by atoms with Crippen LogP contribution in [0.25, 0.3) is 120 Å². The Kier molecular flexibility index (Phi) is 7.87. The molecular formula is C67H43NO. The van der Waals surface area contributed by atoms with Crippen LogP contribution in [0.3, 0.4) is 0 Å². The standard InChI is InChI=1S/C67H43NO/c1-67(2)61-28-14-13-26-55(61)56-35-32-43(39-62(56)67)68(42-31-34-54-50-23-8-6-19-46(50)48-21-10-12-25-52(48)59(54)38-42)63-29-15-27-57-60-36-40-16-3-4-17-44(40)64(66(60)69-65(57)63)41-30-33-53-49-22-7-5-18-45(49)47-20-9-11-24-51(47)58(53)37-41/h3-39H,1-2H3. The molecule has 0 atom stereocenters. The Morgan fingerprint density at radius 3 is 1.45 bits per heavy atom. The fourth-order valence-corrected chi connectivity index (χ4v) is 12.4. The molecule has 1 aromatic heterocycles. The first-order valence-electron chi connectivity index (χ1n) is 24.1. The van der Waals surface area contributed by atoms with Crippen molar-refractivity contribution in [1.29, 1.82) is 0 Å². The van der Waals surface area contributed by atoms with Gasteiger partial charge < -0.3 is 9.32 Å². The average molecular weight is 878 g/mol. The van der Waals surface area contributed by atoms with Crippen molar-refractivity contribution in [2.24, 2.45) is 0 Å². The number of anilines is 3. The van der Waals surface area contributed by atoms with E-state index < -0.39 is 0 Å². The first-order valence-corrected chi connectivity index (χ1v) is 24.1. The number of furan rings is 1. The highest BCUT2D eigenvalue weighted by molar-refractivity contribution is 6.28. The number of para-hydroxylation sites is 1. The van der Waals surface area contributed by atoms with Gasteiger partial charge in [-0.3, -0.25) is 0 Å². The zero-order valence-electron chi connectivity index (χ0n) is 38.2. The zero-order valence-corrected chi connectivity index (χ0v) is 38.2. The molecular weight excluding hydrogens is 835 g/mol. The third kappa shape index (κ3) is 5.37. The Morgan fingerprint density at radius 2 is 0.797 bits per heavy atom. The van der Waals surface area contributed by atoms with Crippen LogP contribution < -0.4 is 4.90 Å².